The van der Waals surface area contributed by atoms with Gasteiger partial charge in [-0.15, -0.1) is 0 Å². The SMILES string of the molecule is CCCCCCCCCCCCCCCCCC(=O)O.CCCCCCCCCCCCCCCCCC(=O)O.N. The highest BCUT2D eigenvalue weighted by Gasteiger charge is 1.98. The van der Waals surface area contributed by atoms with Crippen molar-refractivity contribution in [2.75, 3.05) is 0 Å². The first-order valence-electron chi connectivity index (χ1n) is 18.0. The number of carboxylic acids is 2. The van der Waals surface area contributed by atoms with Crippen molar-refractivity contribution in [1.29, 1.82) is 0 Å². The molecule has 0 radical (unpaired) electrons. The van der Waals surface area contributed by atoms with Crippen LogP contribution in [0.5, 0.6) is 0 Å². The second-order valence-electron chi connectivity index (χ2n) is 12.2. The molecule has 0 fully saturated rings. The van der Waals surface area contributed by atoms with Crippen molar-refractivity contribution in [2.24, 2.45) is 0 Å². The Hall–Kier alpha value is -1.10. The Morgan fingerprint density at radius 2 is 0.463 bits per heavy atom. The van der Waals surface area contributed by atoms with Crippen LogP contribution in [0.1, 0.15) is 219 Å². The summed E-state index contributed by atoms with van der Waals surface area (Å²) < 4.78 is 0. The molecule has 5 N–H and O–H groups in total. The molecule has 5 nitrogen and oxygen atoms in total. The van der Waals surface area contributed by atoms with Crippen LogP contribution >= 0.6 is 0 Å². The van der Waals surface area contributed by atoms with Crippen LogP contribution in [0.2, 0.25) is 0 Å². The van der Waals surface area contributed by atoms with E-state index in [1.54, 1.807) is 0 Å². The lowest BCUT2D eigenvalue weighted by Gasteiger charge is -2.03. The van der Waals surface area contributed by atoms with E-state index >= 15 is 0 Å². The van der Waals surface area contributed by atoms with E-state index in [4.69, 9.17) is 10.2 Å². The minimum Gasteiger partial charge on any atom is -0.481 e. The molecule has 248 valence electrons. The molecule has 0 heterocycles. The zero-order chi connectivity index (χ0) is 29.8. The molecule has 41 heavy (non-hydrogen) atoms. The van der Waals surface area contributed by atoms with Gasteiger partial charge in [0, 0.05) is 12.8 Å². The quantitative estimate of drug-likeness (QED) is 0.0680. The molecule has 0 bridgehead atoms. The molecule has 0 amide bonds. The van der Waals surface area contributed by atoms with Crippen LogP contribution in [0.15, 0.2) is 0 Å². The number of carboxylic acid groups (broad SMARTS) is 2. The first-order chi connectivity index (χ1) is 19.5. The molecule has 0 aliphatic rings. The maximum absolute atomic E-state index is 10.3. The molecule has 5 heteroatoms. The molecule has 0 aromatic carbocycles. The Morgan fingerprint density at radius 1 is 0.317 bits per heavy atom. The molecule has 0 aromatic rings. The number of carbonyl (C=O) groups is 2. The first-order valence-corrected chi connectivity index (χ1v) is 18.0. The van der Waals surface area contributed by atoms with Gasteiger partial charge in [0.15, 0.2) is 0 Å². The highest BCUT2D eigenvalue weighted by atomic mass is 16.4. The van der Waals surface area contributed by atoms with Gasteiger partial charge in [0.1, 0.15) is 0 Å². The van der Waals surface area contributed by atoms with Crippen molar-refractivity contribution in [3.05, 3.63) is 0 Å². The Balaban J connectivity index is -0.000000688. The van der Waals surface area contributed by atoms with Gasteiger partial charge in [0.2, 0.25) is 0 Å². The normalized spacial score (nSPS) is 10.6. The maximum atomic E-state index is 10.3. The predicted molar refractivity (Wildman–Crippen MR) is 179 cm³/mol. The maximum Gasteiger partial charge on any atom is 0.303 e. The number of aliphatic carboxylic acids is 2. The fourth-order valence-corrected chi connectivity index (χ4v) is 5.30. The molecule has 0 spiro atoms. The topological polar surface area (TPSA) is 110 Å². The van der Waals surface area contributed by atoms with Crippen LogP contribution in [0.25, 0.3) is 0 Å². The van der Waals surface area contributed by atoms with Gasteiger partial charge in [0.05, 0.1) is 0 Å². The standard InChI is InChI=1S/2C18H36O2.H3N/c2*1-2-3-4-5-6-7-8-9-10-11-12-13-14-15-16-17-18(19)20;/h2*2-17H2,1H3,(H,19,20);1H3. The average Bonchev–Trinajstić information content (AvgIpc) is 2.93. The van der Waals surface area contributed by atoms with Gasteiger partial charge < -0.3 is 16.4 Å². The predicted octanol–water partition coefficient (Wildman–Crippen LogP) is 12.8. The second-order valence-corrected chi connectivity index (χ2v) is 12.2. The molecule has 0 aliphatic carbocycles. The van der Waals surface area contributed by atoms with Crippen LogP contribution in [0, 0.1) is 0 Å². The third kappa shape index (κ3) is 48.9. The van der Waals surface area contributed by atoms with Crippen LogP contribution < -0.4 is 6.15 Å². The van der Waals surface area contributed by atoms with Crippen LogP contribution in [0.4, 0.5) is 0 Å². The minimum atomic E-state index is -0.653. The summed E-state index contributed by atoms with van der Waals surface area (Å²) in [6.45, 7) is 4.54. The highest BCUT2D eigenvalue weighted by molar-refractivity contribution is 5.66. The highest BCUT2D eigenvalue weighted by Crippen LogP contribution is 2.15. The van der Waals surface area contributed by atoms with Gasteiger partial charge in [-0.2, -0.15) is 0 Å². The summed E-state index contributed by atoms with van der Waals surface area (Å²) in [4.78, 5) is 20.7. The lowest BCUT2D eigenvalue weighted by molar-refractivity contribution is -0.138. The van der Waals surface area contributed by atoms with Gasteiger partial charge in [-0.05, 0) is 12.8 Å². The Morgan fingerprint density at radius 3 is 0.610 bits per heavy atom. The van der Waals surface area contributed by atoms with Crippen LogP contribution in [-0.4, -0.2) is 22.2 Å². The third-order valence-corrected chi connectivity index (χ3v) is 7.99. The molecule has 0 aromatic heterocycles. The number of hydrogen-bond acceptors (Lipinski definition) is 3. The van der Waals surface area contributed by atoms with E-state index in [0.717, 1.165) is 25.7 Å². The smallest absolute Gasteiger partial charge is 0.303 e. The summed E-state index contributed by atoms with van der Waals surface area (Å²) in [7, 11) is 0. The Kier molecular flexibility index (Phi) is 44.4. The van der Waals surface area contributed by atoms with Crippen molar-refractivity contribution in [2.45, 2.75) is 219 Å². The first kappa shape index (κ1) is 44.3. The summed E-state index contributed by atoms with van der Waals surface area (Å²) in [5, 5.41) is 17.0. The van der Waals surface area contributed by atoms with Crippen LogP contribution in [-0.2, 0) is 9.59 Å². The lowest BCUT2D eigenvalue weighted by atomic mass is 10.0. The second kappa shape index (κ2) is 41.0. The van der Waals surface area contributed by atoms with E-state index in [2.05, 4.69) is 13.8 Å². The molecule has 0 unspecified atom stereocenters. The largest absolute Gasteiger partial charge is 0.481 e. The van der Waals surface area contributed by atoms with E-state index in [-0.39, 0.29) is 6.15 Å². The molecule has 0 aliphatic heterocycles. The Labute approximate surface area is 257 Å². The Bertz CT molecular complexity index is 454. The van der Waals surface area contributed by atoms with Gasteiger partial charge in [-0.25, -0.2) is 0 Å². The zero-order valence-electron chi connectivity index (χ0n) is 28.0. The summed E-state index contributed by atoms with van der Waals surface area (Å²) in [6.07, 6.45) is 40.4. The van der Waals surface area contributed by atoms with Crippen molar-refractivity contribution in [3.8, 4) is 0 Å². The fraction of sp³-hybridized carbons (Fsp3) is 0.944. The molecule has 0 atom stereocenters. The van der Waals surface area contributed by atoms with Crippen molar-refractivity contribution >= 4 is 11.9 Å². The average molecular weight is 586 g/mol. The summed E-state index contributed by atoms with van der Waals surface area (Å²) >= 11 is 0. The van der Waals surface area contributed by atoms with Gasteiger partial charge >= 0.3 is 11.9 Å². The van der Waals surface area contributed by atoms with Gasteiger partial charge in [0.25, 0.3) is 0 Å². The van der Waals surface area contributed by atoms with Gasteiger partial charge in [-0.3, -0.25) is 9.59 Å². The zero-order valence-corrected chi connectivity index (χ0v) is 28.0. The van der Waals surface area contributed by atoms with Gasteiger partial charge in [-0.1, -0.05) is 194 Å². The van der Waals surface area contributed by atoms with Crippen molar-refractivity contribution < 1.29 is 19.8 Å². The summed E-state index contributed by atoms with van der Waals surface area (Å²) in [6, 6.07) is 0. The number of unbranched alkanes of at least 4 members (excludes halogenated alkanes) is 28. The molecular formula is C36H75NO4. The minimum absolute atomic E-state index is 0. The molecule has 0 saturated carbocycles. The number of rotatable bonds is 32. The van der Waals surface area contributed by atoms with E-state index in [1.165, 1.54) is 167 Å². The monoisotopic (exact) mass is 586 g/mol. The van der Waals surface area contributed by atoms with E-state index in [9.17, 15) is 9.59 Å². The molecule has 0 saturated heterocycles. The van der Waals surface area contributed by atoms with Crippen molar-refractivity contribution in [3.63, 3.8) is 0 Å². The fourth-order valence-electron chi connectivity index (χ4n) is 5.30. The summed E-state index contributed by atoms with van der Waals surface area (Å²) in [5.41, 5.74) is 0. The molecular weight excluding hydrogens is 510 g/mol. The molecule has 0 rings (SSSR count). The third-order valence-electron chi connectivity index (χ3n) is 7.99. The van der Waals surface area contributed by atoms with E-state index < -0.39 is 11.9 Å². The number of hydrogen-bond donors (Lipinski definition) is 3. The van der Waals surface area contributed by atoms with E-state index in [1.807, 2.05) is 0 Å². The van der Waals surface area contributed by atoms with Crippen LogP contribution in [0.3, 0.4) is 0 Å². The van der Waals surface area contributed by atoms with E-state index in [0.29, 0.717) is 12.8 Å². The lowest BCUT2D eigenvalue weighted by Crippen LogP contribution is -1.93. The summed E-state index contributed by atoms with van der Waals surface area (Å²) in [5.74, 6) is -1.31. The van der Waals surface area contributed by atoms with Crippen molar-refractivity contribution in [1.82, 2.24) is 6.15 Å².